The number of carbonyl (C=O) groups is 2. The predicted molar refractivity (Wildman–Crippen MR) is 126 cm³/mol. The molecule has 0 bridgehead atoms. The van der Waals surface area contributed by atoms with Crippen LogP contribution in [0.1, 0.15) is 37.4 Å². The van der Waals surface area contributed by atoms with Crippen LogP contribution in [0.25, 0.3) is 11.2 Å². The van der Waals surface area contributed by atoms with Gasteiger partial charge in [-0.3, -0.25) is 13.9 Å². The molecule has 3 heterocycles. The summed E-state index contributed by atoms with van der Waals surface area (Å²) in [6, 6.07) is 8.23. The highest BCUT2D eigenvalue weighted by Gasteiger charge is 2.59. The summed E-state index contributed by atoms with van der Waals surface area (Å²) in [7, 11) is -4.02. The van der Waals surface area contributed by atoms with E-state index >= 15 is 0 Å². The summed E-state index contributed by atoms with van der Waals surface area (Å²) < 4.78 is 43.6. The zero-order valence-corrected chi connectivity index (χ0v) is 20.7. The van der Waals surface area contributed by atoms with Crippen LogP contribution in [-0.2, 0) is 32.6 Å². The van der Waals surface area contributed by atoms with Crippen molar-refractivity contribution < 1.29 is 37.4 Å². The van der Waals surface area contributed by atoms with Crippen molar-refractivity contribution in [1.29, 1.82) is 0 Å². The number of esters is 2. The fourth-order valence-electron chi connectivity index (χ4n) is 3.91. The standard InChI is InChI=1S/C22H26N5O8P/c1-4-31-36(30,32-5-2)22-17(33-13(3)28)16(34-21(29)14-9-7-6-8-10-14)20(35-22)27-12-26-15-18(23)24-11-25-19(15)27/h6-12,16-17,20,22H,4-5H2,1-3H3,(H2,23,24,25)/t16-,17+,20-,22-/m1/s1. The van der Waals surface area contributed by atoms with Crippen LogP contribution in [0, 0.1) is 0 Å². The fraction of sp³-hybridized carbons (Fsp3) is 0.409. The number of nitrogens with zero attached hydrogens (tertiary/aromatic N) is 4. The maximum absolute atomic E-state index is 13.8. The number of aromatic nitrogens is 4. The minimum atomic E-state index is -4.02. The monoisotopic (exact) mass is 519 g/mol. The molecule has 0 unspecified atom stereocenters. The highest BCUT2D eigenvalue weighted by Crippen LogP contribution is 2.59. The third-order valence-electron chi connectivity index (χ3n) is 5.31. The number of hydrogen-bond donors (Lipinski definition) is 1. The second kappa shape index (κ2) is 10.7. The molecule has 0 aliphatic carbocycles. The lowest BCUT2D eigenvalue weighted by Gasteiger charge is -2.27. The fourth-order valence-corrected chi connectivity index (χ4v) is 5.86. The van der Waals surface area contributed by atoms with Gasteiger partial charge < -0.3 is 29.0 Å². The zero-order chi connectivity index (χ0) is 25.9. The van der Waals surface area contributed by atoms with Crippen molar-refractivity contribution in [3.63, 3.8) is 0 Å². The Balaban J connectivity index is 1.82. The Hall–Kier alpha value is -3.38. The second-order valence-electron chi connectivity index (χ2n) is 7.69. The number of rotatable bonds is 9. The maximum Gasteiger partial charge on any atom is 0.363 e. The van der Waals surface area contributed by atoms with E-state index < -0.39 is 43.8 Å². The van der Waals surface area contributed by atoms with E-state index in [0.29, 0.717) is 0 Å². The summed E-state index contributed by atoms with van der Waals surface area (Å²) in [4.78, 5) is 37.5. The van der Waals surface area contributed by atoms with Crippen LogP contribution >= 0.6 is 7.60 Å². The van der Waals surface area contributed by atoms with Gasteiger partial charge in [-0.15, -0.1) is 0 Å². The molecule has 192 valence electrons. The number of carbonyl (C=O) groups excluding carboxylic acids is 2. The topological polar surface area (TPSA) is 167 Å². The number of hydrogen-bond acceptors (Lipinski definition) is 12. The van der Waals surface area contributed by atoms with E-state index in [1.54, 1.807) is 44.2 Å². The number of benzene rings is 1. The smallest absolute Gasteiger partial charge is 0.363 e. The number of nitrogen functional groups attached to an aromatic ring is 1. The molecular formula is C22H26N5O8P. The molecular weight excluding hydrogens is 493 g/mol. The van der Waals surface area contributed by atoms with Gasteiger partial charge in [-0.2, -0.15) is 0 Å². The highest BCUT2D eigenvalue weighted by molar-refractivity contribution is 7.54. The van der Waals surface area contributed by atoms with Gasteiger partial charge >= 0.3 is 19.5 Å². The average Bonchev–Trinajstić information content (AvgIpc) is 3.42. The average molecular weight is 519 g/mol. The summed E-state index contributed by atoms with van der Waals surface area (Å²) in [5.74, 6) is -2.72. The Kier molecular flexibility index (Phi) is 7.65. The Morgan fingerprint density at radius 2 is 1.75 bits per heavy atom. The van der Waals surface area contributed by atoms with Crippen LogP contribution in [0.2, 0.25) is 0 Å². The maximum atomic E-state index is 13.8. The van der Waals surface area contributed by atoms with Crippen molar-refractivity contribution in [1.82, 2.24) is 19.5 Å². The van der Waals surface area contributed by atoms with E-state index in [1.165, 1.54) is 24.1 Å². The van der Waals surface area contributed by atoms with Gasteiger partial charge in [-0.25, -0.2) is 19.7 Å². The van der Waals surface area contributed by atoms with Gasteiger partial charge in [0.25, 0.3) is 0 Å². The van der Waals surface area contributed by atoms with Crippen LogP contribution in [0.15, 0.2) is 43.0 Å². The molecule has 1 aromatic carbocycles. The Labute approximate surface area is 206 Å². The number of fused-ring (bicyclic) bond motifs is 1. The first-order chi connectivity index (χ1) is 17.3. The van der Waals surface area contributed by atoms with Gasteiger partial charge in [0.15, 0.2) is 29.9 Å². The van der Waals surface area contributed by atoms with E-state index in [1.807, 2.05) is 0 Å². The van der Waals surface area contributed by atoms with E-state index in [4.69, 9.17) is 29.0 Å². The van der Waals surface area contributed by atoms with Gasteiger partial charge in [0.2, 0.25) is 5.85 Å². The van der Waals surface area contributed by atoms with E-state index in [2.05, 4.69) is 15.0 Å². The summed E-state index contributed by atoms with van der Waals surface area (Å²) in [5, 5.41) is 0. The molecule has 2 N–H and O–H groups in total. The molecule has 1 aliphatic heterocycles. The Morgan fingerprint density at radius 3 is 2.39 bits per heavy atom. The van der Waals surface area contributed by atoms with Crippen LogP contribution < -0.4 is 5.73 Å². The van der Waals surface area contributed by atoms with Crippen molar-refractivity contribution >= 4 is 36.5 Å². The lowest BCUT2D eigenvalue weighted by Crippen LogP contribution is -2.39. The highest BCUT2D eigenvalue weighted by atomic mass is 31.2. The first-order valence-corrected chi connectivity index (χ1v) is 12.8. The molecule has 0 radical (unpaired) electrons. The van der Waals surface area contributed by atoms with Crippen molar-refractivity contribution in [3.8, 4) is 0 Å². The van der Waals surface area contributed by atoms with E-state index in [9.17, 15) is 14.2 Å². The normalized spacial score (nSPS) is 22.0. The van der Waals surface area contributed by atoms with Crippen molar-refractivity contribution in [3.05, 3.63) is 48.5 Å². The molecule has 3 aromatic rings. The second-order valence-corrected chi connectivity index (χ2v) is 9.79. The molecule has 13 nitrogen and oxygen atoms in total. The molecule has 2 aromatic heterocycles. The van der Waals surface area contributed by atoms with Crippen LogP contribution in [-0.4, -0.2) is 62.7 Å². The van der Waals surface area contributed by atoms with Crippen molar-refractivity contribution in [2.75, 3.05) is 18.9 Å². The molecule has 14 heteroatoms. The van der Waals surface area contributed by atoms with Crippen LogP contribution in [0.3, 0.4) is 0 Å². The molecule has 1 aliphatic rings. The molecule has 0 saturated carbocycles. The third-order valence-corrected chi connectivity index (χ3v) is 7.59. The van der Waals surface area contributed by atoms with E-state index in [-0.39, 0.29) is 35.8 Å². The minimum absolute atomic E-state index is 0.0286. The lowest BCUT2D eigenvalue weighted by atomic mass is 10.2. The largest absolute Gasteiger partial charge is 0.455 e. The van der Waals surface area contributed by atoms with E-state index in [0.717, 1.165) is 0 Å². The van der Waals surface area contributed by atoms with Crippen LogP contribution in [0.4, 0.5) is 5.82 Å². The Bertz CT molecular complexity index is 1280. The number of imidazole rings is 1. The van der Waals surface area contributed by atoms with Gasteiger partial charge in [0.05, 0.1) is 25.1 Å². The molecule has 1 fully saturated rings. The van der Waals surface area contributed by atoms with Crippen LogP contribution in [0.5, 0.6) is 0 Å². The first-order valence-electron chi connectivity index (χ1n) is 11.2. The summed E-state index contributed by atoms with van der Waals surface area (Å²) >= 11 is 0. The summed E-state index contributed by atoms with van der Waals surface area (Å²) in [6.45, 7) is 4.50. The molecule has 1 saturated heterocycles. The third kappa shape index (κ3) is 4.96. The van der Waals surface area contributed by atoms with Gasteiger partial charge in [-0.05, 0) is 26.0 Å². The summed E-state index contributed by atoms with van der Waals surface area (Å²) in [5.41, 5.74) is 6.71. The summed E-state index contributed by atoms with van der Waals surface area (Å²) in [6.07, 6.45) is -1.21. The predicted octanol–water partition coefficient (Wildman–Crippen LogP) is 2.69. The van der Waals surface area contributed by atoms with Gasteiger partial charge in [-0.1, -0.05) is 18.2 Å². The molecule has 4 atom stereocenters. The molecule has 0 spiro atoms. The zero-order valence-electron chi connectivity index (χ0n) is 19.8. The molecule has 0 amide bonds. The minimum Gasteiger partial charge on any atom is -0.455 e. The van der Waals surface area contributed by atoms with Gasteiger partial charge in [0.1, 0.15) is 11.8 Å². The number of anilines is 1. The molecule has 4 rings (SSSR count). The SMILES string of the molecule is CCOP(=O)(OCC)[C@H]1O[C@@H](n2cnc3c(N)ncnc32)[C@H](OC(=O)c2ccccc2)[C@@H]1OC(C)=O. The first kappa shape index (κ1) is 25.7. The number of ether oxygens (including phenoxy) is 3. The van der Waals surface area contributed by atoms with Gasteiger partial charge in [0, 0.05) is 6.92 Å². The lowest BCUT2D eigenvalue weighted by molar-refractivity contribution is -0.151. The number of nitrogens with two attached hydrogens (primary N) is 1. The van der Waals surface area contributed by atoms with Crippen molar-refractivity contribution in [2.24, 2.45) is 0 Å². The molecule has 36 heavy (non-hydrogen) atoms. The van der Waals surface area contributed by atoms with Crippen molar-refractivity contribution in [2.45, 2.75) is 45.1 Å². The Morgan fingerprint density at radius 1 is 1.06 bits per heavy atom. The quantitative estimate of drug-likeness (QED) is 0.325.